The third kappa shape index (κ3) is 3.23. The number of carbonyl (C=O) groups excluding carboxylic acids is 2. The fourth-order valence-electron chi connectivity index (χ4n) is 3.04. The third-order valence-corrected chi connectivity index (χ3v) is 4.47. The van der Waals surface area contributed by atoms with Gasteiger partial charge >= 0.3 is 0 Å². The van der Waals surface area contributed by atoms with E-state index in [1.165, 1.54) is 0 Å². The summed E-state index contributed by atoms with van der Waals surface area (Å²) in [6, 6.07) is 7.49. The van der Waals surface area contributed by atoms with Gasteiger partial charge in [-0.25, -0.2) is 0 Å². The normalized spacial score (nSPS) is 25.6. The smallest absolute Gasteiger partial charge is 0.254 e. The van der Waals surface area contributed by atoms with Crippen LogP contribution in [-0.4, -0.2) is 67.7 Å². The van der Waals surface area contributed by atoms with Gasteiger partial charge in [-0.1, -0.05) is 29.8 Å². The zero-order valence-corrected chi connectivity index (χ0v) is 13.5. The number of nitrogens with zero attached hydrogens (tertiary/aromatic N) is 2. The zero-order valence-electron chi connectivity index (χ0n) is 13.5. The molecule has 124 valence electrons. The zero-order chi connectivity index (χ0) is 16.4. The van der Waals surface area contributed by atoms with E-state index >= 15 is 0 Å². The SMILES string of the molecule is Cc1ccc([C@@H]2[C@@H](C(=O)N3CCOCC3)OCC(=O)N2C)cc1. The standard InChI is InChI=1S/C17H22N2O4/c1-12-3-5-13(6-4-12)15-16(23-11-14(20)18(15)2)17(21)19-7-9-22-10-8-19/h3-6,15-16H,7-11H2,1-2H3/t15-,16+/m1/s1. The van der Waals surface area contributed by atoms with Gasteiger partial charge < -0.3 is 19.3 Å². The number of amides is 2. The van der Waals surface area contributed by atoms with Gasteiger partial charge in [0.25, 0.3) is 5.91 Å². The van der Waals surface area contributed by atoms with Crippen LogP contribution in [0.4, 0.5) is 0 Å². The molecule has 1 aromatic rings. The molecule has 23 heavy (non-hydrogen) atoms. The predicted octanol–water partition coefficient (Wildman–Crippen LogP) is 0.752. The van der Waals surface area contributed by atoms with Gasteiger partial charge in [0.1, 0.15) is 6.61 Å². The first kappa shape index (κ1) is 16.0. The second kappa shape index (κ2) is 6.68. The highest BCUT2D eigenvalue weighted by molar-refractivity contribution is 5.86. The Labute approximate surface area is 136 Å². The van der Waals surface area contributed by atoms with Crippen LogP contribution in [0.2, 0.25) is 0 Å². The molecule has 6 heteroatoms. The van der Waals surface area contributed by atoms with Crippen LogP contribution in [0.15, 0.2) is 24.3 Å². The number of hydrogen-bond acceptors (Lipinski definition) is 4. The van der Waals surface area contributed by atoms with E-state index in [0.717, 1.165) is 11.1 Å². The van der Waals surface area contributed by atoms with Gasteiger partial charge in [0.05, 0.1) is 19.3 Å². The molecule has 2 atom stereocenters. The summed E-state index contributed by atoms with van der Waals surface area (Å²) in [6.45, 7) is 4.17. The van der Waals surface area contributed by atoms with Gasteiger partial charge in [0.15, 0.2) is 6.10 Å². The largest absolute Gasteiger partial charge is 0.378 e. The van der Waals surface area contributed by atoms with Gasteiger partial charge in [-0.15, -0.1) is 0 Å². The molecule has 3 rings (SSSR count). The fourth-order valence-corrected chi connectivity index (χ4v) is 3.04. The molecule has 0 saturated carbocycles. The first-order valence-electron chi connectivity index (χ1n) is 7.88. The molecular formula is C17H22N2O4. The maximum Gasteiger partial charge on any atom is 0.254 e. The van der Waals surface area contributed by atoms with E-state index in [4.69, 9.17) is 9.47 Å². The van der Waals surface area contributed by atoms with Crippen molar-refractivity contribution in [2.75, 3.05) is 40.0 Å². The molecule has 0 unspecified atom stereocenters. The number of rotatable bonds is 2. The van der Waals surface area contributed by atoms with Crippen LogP contribution in [0, 0.1) is 6.92 Å². The van der Waals surface area contributed by atoms with Crippen molar-refractivity contribution in [3.63, 3.8) is 0 Å². The van der Waals surface area contributed by atoms with Crippen molar-refractivity contribution in [3.8, 4) is 0 Å². The molecule has 2 aliphatic heterocycles. The highest BCUT2D eigenvalue weighted by Gasteiger charge is 2.41. The molecule has 2 fully saturated rings. The minimum atomic E-state index is -0.668. The second-order valence-corrected chi connectivity index (χ2v) is 6.03. The Morgan fingerprint density at radius 1 is 1.17 bits per heavy atom. The number of morpholine rings is 2. The van der Waals surface area contributed by atoms with Crippen LogP contribution in [0.5, 0.6) is 0 Å². The van der Waals surface area contributed by atoms with Crippen molar-refractivity contribution >= 4 is 11.8 Å². The van der Waals surface area contributed by atoms with Crippen LogP contribution >= 0.6 is 0 Å². The van der Waals surface area contributed by atoms with Crippen molar-refractivity contribution in [2.24, 2.45) is 0 Å². The maximum atomic E-state index is 12.9. The molecule has 2 heterocycles. The molecule has 2 saturated heterocycles. The lowest BCUT2D eigenvalue weighted by Crippen LogP contribution is -2.55. The monoisotopic (exact) mass is 318 g/mol. The summed E-state index contributed by atoms with van der Waals surface area (Å²) in [4.78, 5) is 28.3. The number of likely N-dealkylation sites (N-methyl/N-ethyl adjacent to an activating group) is 1. The first-order valence-corrected chi connectivity index (χ1v) is 7.88. The van der Waals surface area contributed by atoms with Crippen LogP contribution in [0.3, 0.4) is 0 Å². The molecule has 1 aromatic carbocycles. The summed E-state index contributed by atoms with van der Waals surface area (Å²) in [5.41, 5.74) is 2.05. The van der Waals surface area contributed by atoms with Gasteiger partial charge in [-0.3, -0.25) is 9.59 Å². The highest BCUT2D eigenvalue weighted by atomic mass is 16.5. The molecular weight excluding hydrogens is 296 g/mol. The van der Waals surface area contributed by atoms with E-state index in [1.807, 2.05) is 31.2 Å². The van der Waals surface area contributed by atoms with Crippen molar-refractivity contribution in [1.29, 1.82) is 0 Å². The van der Waals surface area contributed by atoms with Crippen LogP contribution in [0.25, 0.3) is 0 Å². The van der Waals surface area contributed by atoms with E-state index < -0.39 is 12.1 Å². The molecule has 0 aliphatic carbocycles. The second-order valence-electron chi connectivity index (χ2n) is 6.03. The van der Waals surface area contributed by atoms with Crippen LogP contribution in [-0.2, 0) is 19.1 Å². The molecule has 0 spiro atoms. The molecule has 2 amide bonds. The summed E-state index contributed by atoms with van der Waals surface area (Å²) in [6.07, 6.45) is -0.668. The number of ether oxygens (including phenoxy) is 2. The Morgan fingerprint density at radius 3 is 2.48 bits per heavy atom. The summed E-state index contributed by atoms with van der Waals surface area (Å²) in [7, 11) is 1.73. The van der Waals surface area contributed by atoms with E-state index in [0.29, 0.717) is 26.3 Å². The lowest BCUT2D eigenvalue weighted by atomic mass is 9.96. The lowest BCUT2D eigenvalue weighted by Gasteiger charge is -2.40. The van der Waals surface area contributed by atoms with Gasteiger partial charge in [0, 0.05) is 20.1 Å². The Kier molecular flexibility index (Phi) is 4.63. The molecule has 0 N–H and O–H groups in total. The molecule has 6 nitrogen and oxygen atoms in total. The van der Waals surface area contributed by atoms with Crippen LogP contribution in [0.1, 0.15) is 17.2 Å². The fraction of sp³-hybridized carbons (Fsp3) is 0.529. The van der Waals surface area contributed by atoms with Crippen molar-refractivity contribution in [3.05, 3.63) is 35.4 Å². The minimum absolute atomic E-state index is 0.0559. The van der Waals surface area contributed by atoms with E-state index in [-0.39, 0.29) is 18.4 Å². The predicted molar refractivity (Wildman–Crippen MR) is 83.8 cm³/mol. The van der Waals surface area contributed by atoms with Gasteiger partial charge in [0.2, 0.25) is 5.91 Å². The molecule has 0 radical (unpaired) electrons. The van der Waals surface area contributed by atoms with Crippen molar-refractivity contribution < 1.29 is 19.1 Å². The summed E-state index contributed by atoms with van der Waals surface area (Å²) in [5, 5.41) is 0. The highest BCUT2D eigenvalue weighted by Crippen LogP contribution is 2.30. The Morgan fingerprint density at radius 2 is 1.83 bits per heavy atom. The average Bonchev–Trinajstić information content (AvgIpc) is 2.58. The summed E-state index contributed by atoms with van der Waals surface area (Å²) < 4.78 is 11.0. The molecule has 0 bridgehead atoms. The molecule has 0 aromatic heterocycles. The topological polar surface area (TPSA) is 59.1 Å². The minimum Gasteiger partial charge on any atom is -0.378 e. The van der Waals surface area contributed by atoms with Gasteiger partial charge in [-0.05, 0) is 12.5 Å². The van der Waals surface area contributed by atoms with E-state index in [1.54, 1.807) is 16.8 Å². The first-order chi connectivity index (χ1) is 11.1. The average molecular weight is 318 g/mol. The Balaban J connectivity index is 1.87. The van der Waals surface area contributed by atoms with Gasteiger partial charge in [-0.2, -0.15) is 0 Å². The molecule has 2 aliphatic rings. The van der Waals surface area contributed by atoms with Crippen molar-refractivity contribution in [2.45, 2.75) is 19.1 Å². The van der Waals surface area contributed by atoms with E-state index in [2.05, 4.69) is 0 Å². The number of carbonyl (C=O) groups is 2. The Hall–Kier alpha value is -1.92. The summed E-state index contributed by atoms with van der Waals surface area (Å²) in [5.74, 6) is -0.181. The third-order valence-electron chi connectivity index (χ3n) is 4.47. The number of benzene rings is 1. The number of hydrogen-bond donors (Lipinski definition) is 0. The van der Waals surface area contributed by atoms with Crippen molar-refractivity contribution in [1.82, 2.24) is 9.80 Å². The Bertz CT molecular complexity index is 581. The lowest BCUT2D eigenvalue weighted by molar-refractivity contribution is -0.169. The quantitative estimate of drug-likeness (QED) is 0.807. The maximum absolute atomic E-state index is 12.9. The summed E-state index contributed by atoms with van der Waals surface area (Å²) >= 11 is 0. The number of aryl methyl sites for hydroxylation is 1. The van der Waals surface area contributed by atoms with Crippen LogP contribution < -0.4 is 0 Å². The van der Waals surface area contributed by atoms with E-state index in [9.17, 15) is 9.59 Å².